The SMILES string of the molecule is C[C@@H]1COC(CC2=N[C@H](Cc3ccccc3)CO2)=N1. The Morgan fingerprint density at radius 1 is 1.05 bits per heavy atom. The maximum absolute atomic E-state index is 5.62. The van der Waals surface area contributed by atoms with Crippen molar-refractivity contribution in [1.29, 1.82) is 0 Å². The van der Waals surface area contributed by atoms with Gasteiger partial charge in [0.25, 0.3) is 0 Å². The minimum atomic E-state index is 0.219. The molecule has 0 aliphatic carbocycles. The van der Waals surface area contributed by atoms with Gasteiger partial charge < -0.3 is 9.47 Å². The van der Waals surface area contributed by atoms with E-state index in [0.717, 1.165) is 18.2 Å². The molecule has 0 saturated carbocycles. The van der Waals surface area contributed by atoms with Crippen molar-refractivity contribution in [1.82, 2.24) is 0 Å². The summed E-state index contributed by atoms with van der Waals surface area (Å²) in [4.78, 5) is 9.00. The molecule has 0 saturated heterocycles. The van der Waals surface area contributed by atoms with Crippen LogP contribution in [0.15, 0.2) is 40.3 Å². The molecule has 4 nitrogen and oxygen atoms in total. The third kappa shape index (κ3) is 3.13. The largest absolute Gasteiger partial charge is 0.478 e. The number of aliphatic imine (C=N–C) groups is 2. The lowest BCUT2D eigenvalue weighted by atomic mass is 10.1. The summed E-state index contributed by atoms with van der Waals surface area (Å²) in [6, 6.07) is 10.9. The molecule has 4 heteroatoms. The molecule has 19 heavy (non-hydrogen) atoms. The Kier molecular flexibility index (Phi) is 3.49. The van der Waals surface area contributed by atoms with E-state index in [0.29, 0.717) is 19.6 Å². The molecule has 2 aliphatic rings. The molecule has 2 aliphatic heterocycles. The van der Waals surface area contributed by atoms with Gasteiger partial charge in [-0.25, -0.2) is 9.98 Å². The molecule has 2 atom stereocenters. The molecule has 1 aromatic carbocycles. The summed E-state index contributed by atoms with van der Waals surface area (Å²) in [6.07, 6.45) is 1.52. The molecule has 0 spiro atoms. The Bertz CT molecular complexity index is 496. The second kappa shape index (κ2) is 5.43. The monoisotopic (exact) mass is 258 g/mol. The quantitative estimate of drug-likeness (QED) is 0.831. The highest BCUT2D eigenvalue weighted by Gasteiger charge is 2.23. The number of nitrogens with zero attached hydrogens (tertiary/aromatic N) is 2. The van der Waals surface area contributed by atoms with Crippen LogP contribution in [0.3, 0.4) is 0 Å². The fourth-order valence-corrected chi connectivity index (χ4v) is 2.32. The van der Waals surface area contributed by atoms with Gasteiger partial charge >= 0.3 is 0 Å². The lowest BCUT2D eigenvalue weighted by molar-refractivity contribution is 0.300. The predicted octanol–water partition coefficient (Wildman–Crippen LogP) is 2.23. The lowest BCUT2D eigenvalue weighted by Gasteiger charge is -2.04. The zero-order valence-electron chi connectivity index (χ0n) is 11.1. The van der Waals surface area contributed by atoms with Crippen LogP contribution in [-0.4, -0.2) is 37.1 Å². The van der Waals surface area contributed by atoms with Crippen LogP contribution < -0.4 is 0 Å². The summed E-state index contributed by atoms with van der Waals surface area (Å²) in [5.41, 5.74) is 1.30. The molecule has 0 fully saturated rings. The normalized spacial score (nSPS) is 25.5. The van der Waals surface area contributed by atoms with Crippen LogP contribution in [0.2, 0.25) is 0 Å². The summed E-state index contributed by atoms with van der Waals surface area (Å²) in [7, 11) is 0. The second-order valence-corrected chi connectivity index (χ2v) is 5.04. The molecule has 100 valence electrons. The minimum absolute atomic E-state index is 0.219. The van der Waals surface area contributed by atoms with E-state index in [1.807, 2.05) is 13.0 Å². The Balaban J connectivity index is 1.57. The number of ether oxygens (including phenoxy) is 2. The summed E-state index contributed by atoms with van der Waals surface area (Å²) in [5.74, 6) is 1.51. The number of hydrogen-bond acceptors (Lipinski definition) is 4. The molecular weight excluding hydrogens is 240 g/mol. The van der Waals surface area contributed by atoms with Crippen molar-refractivity contribution in [3.05, 3.63) is 35.9 Å². The van der Waals surface area contributed by atoms with Crippen LogP contribution in [-0.2, 0) is 15.9 Å². The molecule has 0 radical (unpaired) electrons. The fourth-order valence-electron chi connectivity index (χ4n) is 2.32. The smallest absolute Gasteiger partial charge is 0.193 e. The second-order valence-electron chi connectivity index (χ2n) is 5.04. The highest BCUT2D eigenvalue weighted by molar-refractivity contribution is 5.98. The van der Waals surface area contributed by atoms with E-state index in [4.69, 9.17) is 9.47 Å². The van der Waals surface area contributed by atoms with Crippen LogP contribution in [0.25, 0.3) is 0 Å². The Morgan fingerprint density at radius 2 is 1.79 bits per heavy atom. The first kappa shape index (κ1) is 12.2. The lowest BCUT2D eigenvalue weighted by Crippen LogP contribution is -2.10. The van der Waals surface area contributed by atoms with E-state index in [1.165, 1.54) is 5.56 Å². The van der Waals surface area contributed by atoms with Gasteiger partial charge in [-0.15, -0.1) is 0 Å². The van der Waals surface area contributed by atoms with E-state index in [2.05, 4.69) is 34.3 Å². The molecule has 0 amide bonds. The molecular formula is C15H18N2O2. The van der Waals surface area contributed by atoms with Gasteiger partial charge in [0, 0.05) is 0 Å². The summed E-state index contributed by atoms with van der Waals surface area (Å²) >= 11 is 0. The zero-order valence-corrected chi connectivity index (χ0v) is 11.1. The Labute approximate surface area is 113 Å². The predicted molar refractivity (Wildman–Crippen MR) is 74.8 cm³/mol. The van der Waals surface area contributed by atoms with E-state index in [-0.39, 0.29) is 12.1 Å². The van der Waals surface area contributed by atoms with Crippen molar-refractivity contribution in [2.24, 2.45) is 9.98 Å². The van der Waals surface area contributed by atoms with Crippen molar-refractivity contribution in [2.75, 3.05) is 13.2 Å². The Morgan fingerprint density at radius 3 is 2.53 bits per heavy atom. The highest BCUT2D eigenvalue weighted by Crippen LogP contribution is 2.15. The van der Waals surface area contributed by atoms with Gasteiger partial charge in [0.2, 0.25) is 0 Å². The van der Waals surface area contributed by atoms with Crippen LogP contribution in [0.5, 0.6) is 0 Å². The van der Waals surface area contributed by atoms with Gasteiger partial charge in [-0.05, 0) is 18.9 Å². The maximum Gasteiger partial charge on any atom is 0.193 e. The number of rotatable bonds is 4. The zero-order chi connectivity index (χ0) is 13.1. The summed E-state index contributed by atoms with van der Waals surface area (Å²) < 4.78 is 11.1. The number of hydrogen-bond donors (Lipinski definition) is 0. The van der Waals surface area contributed by atoms with Crippen molar-refractivity contribution < 1.29 is 9.47 Å². The van der Waals surface area contributed by atoms with Crippen molar-refractivity contribution in [3.63, 3.8) is 0 Å². The van der Waals surface area contributed by atoms with E-state index in [9.17, 15) is 0 Å². The standard InChI is InChI=1S/C15H18N2O2/c1-11-9-18-14(16-11)8-15-17-13(10-19-15)7-12-5-3-2-4-6-12/h2-6,11,13H,7-10H2,1H3/t11-,13-/m1/s1. The first-order valence-corrected chi connectivity index (χ1v) is 6.72. The van der Waals surface area contributed by atoms with E-state index >= 15 is 0 Å². The highest BCUT2D eigenvalue weighted by atomic mass is 16.5. The number of benzene rings is 1. The van der Waals surface area contributed by atoms with Crippen LogP contribution in [0, 0.1) is 0 Å². The third-order valence-electron chi connectivity index (χ3n) is 3.24. The first-order chi connectivity index (χ1) is 9.29. The molecule has 1 aromatic rings. The molecule has 0 N–H and O–H groups in total. The maximum atomic E-state index is 5.62. The van der Waals surface area contributed by atoms with Gasteiger partial charge in [0.1, 0.15) is 13.2 Å². The molecule has 2 heterocycles. The van der Waals surface area contributed by atoms with Gasteiger partial charge in [0.15, 0.2) is 11.8 Å². The van der Waals surface area contributed by atoms with Crippen LogP contribution >= 0.6 is 0 Å². The summed E-state index contributed by atoms with van der Waals surface area (Å²) in [5, 5.41) is 0. The van der Waals surface area contributed by atoms with Crippen LogP contribution in [0.1, 0.15) is 18.9 Å². The third-order valence-corrected chi connectivity index (χ3v) is 3.24. The molecule has 0 bridgehead atoms. The topological polar surface area (TPSA) is 43.2 Å². The average molecular weight is 258 g/mol. The molecule has 0 unspecified atom stereocenters. The van der Waals surface area contributed by atoms with Crippen molar-refractivity contribution in [3.8, 4) is 0 Å². The van der Waals surface area contributed by atoms with Gasteiger partial charge in [-0.3, -0.25) is 0 Å². The average Bonchev–Trinajstić information content (AvgIpc) is 3.01. The van der Waals surface area contributed by atoms with Gasteiger partial charge in [0.05, 0.1) is 18.5 Å². The van der Waals surface area contributed by atoms with E-state index in [1.54, 1.807) is 0 Å². The van der Waals surface area contributed by atoms with Crippen molar-refractivity contribution >= 4 is 11.8 Å². The minimum Gasteiger partial charge on any atom is -0.478 e. The van der Waals surface area contributed by atoms with E-state index < -0.39 is 0 Å². The molecule has 0 aromatic heterocycles. The van der Waals surface area contributed by atoms with Crippen LogP contribution in [0.4, 0.5) is 0 Å². The Hall–Kier alpha value is -1.84. The summed E-state index contributed by atoms with van der Waals surface area (Å²) in [6.45, 7) is 3.38. The van der Waals surface area contributed by atoms with Crippen molar-refractivity contribution in [2.45, 2.75) is 31.8 Å². The fraction of sp³-hybridized carbons (Fsp3) is 0.467. The molecule has 3 rings (SSSR count). The van der Waals surface area contributed by atoms with Gasteiger partial charge in [-0.1, -0.05) is 30.3 Å². The first-order valence-electron chi connectivity index (χ1n) is 6.72. The van der Waals surface area contributed by atoms with Gasteiger partial charge in [-0.2, -0.15) is 0 Å².